The van der Waals surface area contributed by atoms with E-state index in [0.29, 0.717) is 30.3 Å². The molecule has 0 unspecified atom stereocenters. The van der Waals surface area contributed by atoms with E-state index in [1.807, 2.05) is 6.92 Å². The smallest absolute Gasteiger partial charge is 0.243 e. The number of nitrogens with one attached hydrogen (secondary N) is 1. The third-order valence-electron chi connectivity index (χ3n) is 4.33. The standard InChI is InChI=1S/C17H24N2O4S/c1-4-17(20)18-12-14-7-9-19(10-8-14)24(21,22)15-5-6-16(23-3)13(2)11-15/h4-6,11,14H,1,7-10,12H2,2-3H3,(H,18,20). The van der Waals surface area contributed by atoms with Crippen molar-refractivity contribution in [3.8, 4) is 5.75 Å². The van der Waals surface area contributed by atoms with Crippen LogP contribution in [0, 0.1) is 12.8 Å². The molecular weight excluding hydrogens is 328 g/mol. The molecule has 1 heterocycles. The van der Waals surface area contributed by atoms with Gasteiger partial charge in [-0.2, -0.15) is 4.31 Å². The number of rotatable bonds is 6. The first kappa shape index (κ1) is 18.5. The minimum absolute atomic E-state index is 0.196. The summed E-state index contributed by atoms with van der Waals surface area (Å²) in [4.78, 5) is 11.5. The van der Waals surface area contributed by atoms with Gasteiger partial charge >= 0.3 is 0 Å². The first-order valence-electron chi connectivity index (χ1n) is 7.93. The Balaban J connectivity index is 2.01. The lowest BCUT2D eigenvalue weighted by Gasteiger charge is -2.31. The van der Waals surface area contributed by atoms with Crippen LogP contribution in [0.3, 0.4) is 0 Å². The van der Waals surface area contributed by atoms with Crippen molar-refractivity contribution in [1.29, 1.82) is 0 Å². The van der Waals surface area contributed by atoms with E-state index in [4.69, 9.17) is 4.74 Å². The van der Waals surface area contributed by atoms with Gasteiger partial charge in [0.25, 0.3) is 0 Å². The number of piperidine rings is 1. The normalized spacial score (nSPS) is 16.6. The summed E-state index contributed by atoms with van der Waals surface area (Å²) in [5.41, 5.74) is 0.792. The van der Waals surface area contributed by atoms with E-state index in [0.717, 1.165) is 18.4 Å². The predicted octanol–water partition coefficient (Wildman–Crippen LogP) is 1.71. The molecule has 24 heavy (non-hydrogen) atoms. The number of sulfonamides is 1. The van der Waals surface area contributed by atoms with Gasteiger partial charge in [-0.25, -0.2) is 8.42 Å². The van der Waals surface area contributed by atoms with Crippen molar-refractivity contribution in [1.82, 2.24) is 9.62 Å². The Morgan fingerprint density at radius 3 is 2.62 bits per heavy atom. The first-order chi connectivity index (χ1) is 11.4. The fourth-order valence-electron chi connectivity index (χ4n) is 2.83. The molecule has 6 nitrogen and oxygen atoms in total. The molecule has 1 N–H and O–H groups in total. The fraction of sp³-hybridized carbons (Fsp3) is 0.471. The van der Waals surface area contributed by atoms with Crippen LogP contribution in [-0.2, 0) is 14.8 Å². The van der Waals surface area contributed by atoms with Crippen LogP contribution in [0.25, 0.3) is 0 Å². The molecule has 2 rings (SSSR count). The number of amides is 1. The van der Waals surface area contributed by atoms with Crippen LogP contribution in [0.15, 0.2) is 35.7 Å². The van der Waals surface area contributed by atoms with Crippen molar-refractivity contribution >= 4 is 15.9 Å². The maximum Gasteiger partial charge on any atom is 0.243 e. The van der Waals surface area contributed by atoms with E-state index < -0.39 is 10.0 Å². The van der Waals surface area contributed by atoms with Crippen LogP contribution in [0.2, 0.25) is 0 Å². The second kappa shape index (κ2) is 7.81. The number of ether oxygens (including phenoxy) is 1. The second-order valence-corrected chi connectivity index (χ2v) is 7.87. The van der Waals surface area contributed by atoms with E-state index >= 15 is 0 Å². The highest BCUT2D eigenvalue weighted by atomic mass is 32.2. The number of nitrogens with zero attached hydrogens (tertiary/aromatic N) is 1. The monoisotopic (exact) mass is 352 g/mol. The lowest BCUT2D eigenvalue weighted by atomic mass is 9.98. The SMILES string of the molecule is C=CC(=O)NCC1CCN(S(=O)(=O)c2ccc(OC)c(C)c2)CC1. The van der Waals surface area contributed by atoms with E-state index in [1.54, 1.807) is 25.3 Å². The number of benzene rings is 1. The van der Waals surface area contributed by atoms with Gasteiger partial charge in [-0.05, 0) is 55.5 Å². The number of aryl methyl sites for hydroxylation is 1. The molecule has 0 radical (unpaired) electrons. The molecule has 1 saturated heterocycles. The van der Waals surface area contributed by atoms with Crippen LogP contribution in [-0.4, -0.2) is 45.4 Å². The summed E-state index contributed by atoms with van der Waals surface area (Å²) >= 11 is 0. The van der Waals surface area contributed by atoms with Gasteiger partial charge in [-0.15, -0.1) is 0 Å². The van der Waals surface area contributed by atoms with Crippen LogP contribution in [0.5, 0.6) is 5.75 Å². The molecule has 1 aliphatic heterocycles. The van der Waals surface area contributed by atoms with Crippen LogP contribution in [0.4, 0.5) is 0 Å². The molecule has 0 bridgehead atoms. The first-order valence-corrected chi connectivity index (χ1v) is 9.37. The average Bonchev–Trinajstić information content (AvgIpc) is 2.59. The van der Waals surface area contributed by atoms with Gasteiger partial charge in [0.05, 0.1) is 12.0 Å². The molecule has 7 heteroatoms. The average molecular weight is 352 g/mol. The van der Waals surface area contributed by atoms with Crippen LogP contribution < -0.4 is 10.1 Å². The summed E-state index contributed by atoms with van der Waals surface area (Å²) in [5.74, 6) is 0.766. The highest BCUT2D eigenvalue weighted by Gasteiger charge is 2.29. The Kier molecular flexibility index (Phi) is 6.01. The van der Waals surface area contributed by atoms with Crippen LogP contribution in [0.1, 0.15) is 18.4 Å². The predicted molar refractivity (Wildman–Crippen MR) is 92.4 cm³/mol. The van der Waals surface area contributed by atoms with Gasteiger partial charge in [0.2, 0.25) is 15.9 Å². The number of hydrogen-bond acceptors (Lipinski definition) is 4. The van der Waals surface area contributed by atoms with E-state index in [-0.39, 0.29) is 11.8 Å². The maximum absolute atomic E-state index is 12.8. The van der Waals surface area contributed by atoms with E-state index in [1.165, 1.54) is 10.4 Å². The molecule has 1 aromatic rings. The summed E-state index contributed by atoms with van der Waals surface area (Å²) in [6.45, 7) is 6.72. The van der Waals surface area contributed by atoms with Gasteiger partial charge in [-0.3, -0.25) is 4.79 Å². The zero-order valence-electron chi connectivity index (χ0n) is 14.1. The summed E-state index contributed by atoms with van der Waals surface area (Å²) in [6, 6.07) is 4.90. The largest absolute Gasteiger partial charge is 0.496 e. The van der Waals surface area contributed by atoms with Crippen molar-refractivity contribution in [2.45, 2.75) is 24.7 Å². The minimum Gasteiger partial charge on any atom is -0.496 e. The third kappa shape index (κ3) is 4.15. The molecule has 1 aromatic carbocycles. The Morgan fingerprint density at radius 2 is 2.08 bits per heavy atom. The van der Waals surface area contributed by atoms with Gasteiger partial charge in [0, 0.05) is 19.6 Å². The zero-order chi connectivity index (χ0) is 17.7. The van der Waals surface area contributed by atoms with Gasteiger partial charge in [0.1, 0.15) is 5.75 Å². The summed E-state index contributed by atoms with van der Waals surface area (Å²) in [6.07, 6.45) is 2.70. The maximum atomic E-state index is 12.8. The van der Waals surface area contributed by atoms with Crippen molar-refractivity contribution in [3.63, 3.8) is 0 Å². The molecule has 0 spiro atoms. The van der Waals surface area contributed by atoms with Gasteiger partial charge < -0.3 is 10.1 Å². The number of carbonyl (C=O) groups is 1. The highest BCUT2D eigenvalue weighted by molar-refractivity contribution is 7.89. The number of hydrogen-bond donors (Lipinski definition) is 1. The molecule has 1 aliphatic rings. The zero-order valence-corrected chi connectivity index (χ0v) is 14.9. The lowest BCUT2D eigenvalue weighted by Crippen LogP contribution is -2.41. The molecule has 1 fully saturated rings. The molecule has 0 saturated carbocycles. The van der Waals surface area contributed by atoms with Gasteiger partial charge in [-0.1, -0.05) is 6.58 Å². The Hall–Kier alpha value is -1.86. The summed E-state index contributed by atoms with van der Waals surface area (Å²) in [7, 11) is -1.93. The number of methoxy groups -OCH3 is 1. The highest BCUT2D eigenvalue weighted by Crippen LogP contribution is 2.26. The van der Waals surface area contributed by atoms with Crippen molar-refractivity contribution in [3.05, 3.63) is 36.4 Å². The van der Waals surface area contributed by atoms with Crippen molar-refractivity contribution in [2.24, 2.45) is 5.92 Å². The third-order valence-corrected chi connectivity index (χ3v) is 6.22. The van der Waals surface area contributed by atoms with Crippen molar-refractivity contribution in [2.75, 3.05) is 26.7 Å². The van der Waals surface area contributed by atoms with Crippen molar-refractivity contribution < 1.29 is 17.9 Å². The quantitative estimate of drug-likeness (QED) is 0.791. The molecule has 0 aliphatic carbocycles. The molecule has 0 atom stereocenters. The minimum atomic E-state index is -3.49. The molecule has 0 aromatic heterocycles. The van der Waals surface area contributed by atoms with E-state index in [2.05, 4.69) is 11.9 Å². The molecule has 132 valence electrons. The Labute approximate surface area is 143 Å². The number of carbonyl (C=O) groups excluding carboxylic acids is 1. The molecular formula is C17H24N2O4S. The van der Waals surface area contributed by atoms with Gasteiger partial charge in [0.15, 0.2) is 0 Å². The van der Waals surface area contributed by atoms with Crippen LogP contribution >= 0.6 is 0 Å². The lowest BCUT2D eigenvalue weighted by molar-refractivity contribution is -0.116. The Bertz CT molecular complexity index is 707. The Morgan fingerprint density at radius 1 is 1.42 bits per heavy atom. The topological polar surface area (TPSA) is 75.7 Å². The fourth-order valence-corrected chi connectivity index (χ4v) is 4.39. The summed E-state index contributed by atoms with van der Waals surface area (Å²) in [5, 5.41) is 2.77. The van der Waals surface area contributed by atoms with E-state index in [9.17, 15) is 13.2 Å². The molecule has 1 amide bonds. The second-order valence-electron chi connectivity index (χ2n) is 5.93. The summed E-state index contributed by atoms with van der Waals surface area (Å²) < 4.78 is 32.2.